The summed E-state index contributed by atoms with van der Waals surface area (Å²) in [5.41, 5.74) is 5.34. The van der Waals surface area contributed by atoms with Crippen molar-refractivity contribution >= 4 is 11.8 Å². The van der Waals surface area contributed by atoms with E-state index >= 15 is 0 Å². The molecule has 28 heavy (non-hydrogen) atoms. The fourth-order valence-electron chi connectivity index (χ4n) is 2.42. The summed E-state index contributed by atoms with van der Waals surface area (Å²) >= 11 is 0. The van der Waals surface area contributed by atoms with Crippen LogP contribution in [-0.2, 0) is 0 Å². The van der Waals surface area contributed by atoms with Gasteiger partial charge in [-0.2, -0.15) is 0 Å². The Morgan fingerprint density at radius 2 is 1.46 bits per heavy atom. The third kappa shape index (κ3) is 5.06. The molecular formula is C20H24N2O6. The molecule has 150 valence electrons. The fourth-order valence-corrected chi connectivity index (χ4v) is 2.42. The van der Waals surface area contributed by atoms with Crippen LogP contribution < -0.4 is 29.8 Å². The largest absolute Gasteiger partial charge is 0.494 e. The molecule has 0 aliphatic rings. The van der Waals surface area contributed by atoms with Gasteiger partial charge in [-0.1, -0.05) is 13.0 Å². The number of amides is 2. The molecule has 0 bridgehead atoms. The molecule has 2 aromatic rings. The van der Waals surface area contributed by atoms with Crippen LogP contribution in [0.1, 0.15) is 34.1 Å². The molecule has 8 nitrogen and oxygen atoms in total. The first-order valence-electron chi connectivity index (χ1n) is 8.67. The molecule has 2 amide bonds. The minimum Gasteiger partial charge on any atom is -0.494 e. The number of carbonyl (C=O) groups excluding carboxylic acids is 2. The van der Waals surface area contributed by atoms with Gasteiger partial charge in [0.25, 0.3) is 11.8 Å². The lowest BCUT2D eigenvalue weighted by Crippen LogP contribution is -2.41. The summed E-state index contributed by atoms with van der Waals surface area (Å²) < 4.78 is 21.2. The summed E-state index contributed by atoms with van der Waals surface area (Å²) in [6.07, 6.45) is 0.862. The van der Waals surface area contributed by atoms with Gasteiger partial charge in [0.05, 0.1) is 27.9 Å². The summed E-state index contributed by atoms with van der Waals surface area (Å²) in [6.45, 7) is 2.55. The van der Waals surface area contributed by atoms with Gasteiger partial charge < -0.3 is 18.9 Å². The van der Waals surface area contributed by atoms with E-state index in [0.29, 0.717) is 35.2 Å². The Bertz CT molecular complexity index is 812. The number of hydrogen-bond donors (Lipinski definition) is 2. The maximum Gasteiger partial charge on any atom is 0.269 e. The second-order valence-electron chi connectivity index (χ2n) is 5.70. The molecule has 0 spiro atoms. The number of rotatable bonds is 8. The maximum atomic E-state index is 12.4. The van der Waals surface area contributed by atoms with E-state index in [9.17, 15) is 9.59 Å². The summed E-state index contributed by atoms with van der Waals surface area (Å²) in [5, 5.41) is 0. The summed E-state index contributed by atoms with van der Waals surface area (Å²) in [7, 11) is 4.38. The van der Waals surface area contributed by atoms with Crippen LogP contribution >= 0.6 is 0 Å². The molecule has 2 rings (SSSR count). The summed E-state index contributed by atoms with van der Waals surface area (Å²) in [4.78, 5) is 24.7. The van der Waals surface area contributed by atoms with E-state index in [4.69, 9.17) is 18.9 Å². The molecule has 0 saturated carbocycles. The third-order valence-corrected chi connectivity index (χ3v) is 3.79. The number of methoxy groups -OCH3 is 3. The minimum atomic E-state index is -0.536. The van der Waals surface area contributed by atoms with Crippen LogP contribution in [-0.4, -0.2) is 39.8 Å². The van der Waals surface area contributed by atoms with Crippen LogP contribution in [0.3, 0.4) is 0 Å². The first kappa shape index (κ1) is 20.9. The lowest BCUT2D eigenvalue weighted by Gasteiger charge is -2.14. The van der Waals surface area contributed by atoms with E-state index in [-0.39, 0.29) is 5.56 Å². The molecule has 0 aliphatic carbocycles. The topological polar surface area (TPSA) is 95.1 Å². The SMILES string of the molecule is CCCOc1cccc(C(=O)NNC(=O)c2cc(OC)c(OC)c(OC)c2)c1. The zero-order valence-corrected chi connectivity index (χ0v) is 16.3. The van der Waals surface area contributed by atoms with Crippen LogP contribution in [0.5, 0.6) is 23.0 Å². The van der Waals surface area contributed by atoms with Gasteiger partial charge in [-0.05, 0) is 36.8 Å². The molecule has 8 heteroatoms. The van der Waals surface area contributed by atoms with Crippen molar-refractivity contribution in [3.05, 3.63) is 47.5 Å². The van der Waals surface area contributed by atoms with Gasteiger partial charge in [0.2, 0.25) is 5.75 Å². The van der Waals surface area contributed by atoms with E-state index in [1.54, 1.807) is 24.3 Å². The second-order valence-corrected chi connectivity index (χ2v) is 5.70. The first-order chi connectivity index (χ1) is 13.5. The highest BCUT2D eigenvalue weighted by Gasteiger charge is 2.17. The first-order valence-corrected chi connectivity index (χ1v) is 8.67. The minimum absolute atomic E-state index is 0.231. The van der Waals surface area contributed by atoms with Gasteiger partial charge in [0.1, 0.15) is 5.75 Å². The van der Waals surface area contributed by atoms with Crippen molar-refractivity contribution in [3.63, 3.8) is 0 Å². The van der Waals surface area contributed by atoms with Crippen molar-refractivity contribution in [1.29, 1.82) is 0 Å². The van der Waals surface area contributed by atoms with Crippen LogP contribution in [0.2, 0.25) is 0 Å². The van der Waals surface area contributed by atoms with Gasteiger partial charge >= 0.3 is 0 Å². The van der Waals surface area contributed by atoms with Crippen molar-refractivity contribution in [3.8, 4) is 23.0 Å². The maximum absolute atomic E-state index is 12.4. The zero-order chi connectivity index (χ0) is 20.5. The fraction of sp³-hybridized carbons (Fsp3) is 0.300. The standard InChI is InChI=1S/C20H24N2O6/c1-5-9-28-15-8-6-7-13(10-15)19(23)21-22-20(24)14-11-16(25-2)18(27-4)17(12-14)26-3/h6-8,10-12H,5,9H2,1-4H3,(H,21,23)(H,22,24). The van der Waals surface area contributed by atoms with Crippen molar-refractivity contribution < 1.29 is 28.5 Å². The number of hydrazine groups is 1. The van der Waals surface area contributed by atoms with Gasteiger partial charge in [-0.25, -0.2) is 0 Å². The quantitative estimate of drug-likeness (QED) is 0.675. The zero-order valence-electron chi connectivity index (χ0n) is 16.3. The molecule has 0 atom stereocenters. The van der Waals surface area contributed by atoms with Crippen molar-refractivity contribution in [2.75, 3.05) is 27.9 Å². The van der Waals surface area contributed by atoms with Crippen LogP contribution in [0, 0.1) is 0 Å². The van der Waals surface area contributed by atoms with Crippen LogP contribution in [0.15, 0.2) is 36.4 Å². The molecular weight excluding hydrogens is 364 g/mol. The number of carbonyl (C=O) groups is 2. The van der Waals surface area contributed by atoms with Gasteiger partial charge in [-0.3, -0.25) is 20.4 Å². The number of hydrogen-bond acceptors (Lipinski definition) is 6. The van der Waals surface area contributed by atoms with E-state index in [1.807, 2.05) is 6.92 Å². The van der Waals surface area contributed by atoms with Gasteiger partial charge in [-0.15, -0.1) is 0 Å². The average molecular weight is 388 g/mol. The van der Waals surface area contributed by atoms with E-state index < -0.39 is 11.8 Å². The lowest BCUT2D eigenvalue weighted by molar-refractivity contribution is 0.0846. The highest BCUT2D eigenvalue weighted by Crippen LogP contribution is 2.38. The predicted molar refractivity (Wildman–Crippen MR) is 103 cm³/mol. The van der Waals surface area contributed by atoms with Crippen molar-refractivity contribution in [2.24, 2.45) is 0 Å². The van der Waals surface area contributed by atoms with Crippen molar-refractivity contribution in [1.82, 2.24) is 10.9 Å². The molecule has 0 aromatic heterocycles. The highest BCUT2D eigenvalue weighted by atomic mass is 16.5. The van der Waals surface area contributed by atoms with Gasteiger partial charge in [0.15, 0.2) is 11.5 Å². The van der Waals surface area contributed by atoms with Crippen LogP contribution in [0.25, 0.3) is 0 Å². The van der Waals surface area contributed by atoms with Crippen LogP contribution in [0.4, 0.5) is 0 Å². The molecule has 0 aliphatic heterocycles. The molecule has 0 radical (unpaired) electrons. The highest BCUT2D eigenvalue weighted by molar-refractivity contribution is 5.99. The Hall–Kier alpha value is -3.42. The van der Waals surface area contributed by atoms with Crippen molar-refractivity contribution in [2.45, 2.75) is 13.3 Å². The molecule has 2 N–H and O–H groups in total. The monoisotopic (exact) mass is 388 g/mol. The number of benzene rings is 2. The molecule has 0 unspecified atom stereocenters. The smallest absolute Gasteiger partial charge is 0.269 e. The summed E-state index contributed by atoms with van der Waals surface area (Å²) in [5.74, 6) is 0.617. The average Bonchev–Trinajstić information content (AvgIpc) is 2.74. The third-order valence-electron chi connectivity index (χ3n) is 3.79. The lowest BCUT2D eigenvalue weighted by atomic mass is 10.1. The molecule has 2 aromatic carbocycles. The molecule has 0 saturated heterocycles. The predicted octanol–water partition coefficient (Wildman–Crippen LogP) is 2.58. The Labute approximate surface area is 163 Å². The van der Waals surface area contributed by atoms with Gasteiger partial charge in [0, 0.05) is 11.1 Å². The van der Waals surface area contributed by atoms with E-state index in [2.05, 4.69) is 10.9 Å². The van der Waals surface area contributed by atoms with E-state index in [0.717, 1.165) is 6.42 Å². The Balaban J connectivity index is 2.08. The number of nitrogens with one attached hydrogen (secondary N) is 2. The molecule has 0 fully saturated rings. The Morgan fingerprint density at radius 1 is 0.857 bits per heavy atom. The second kappa shape index (κ2) is 10.1. The summed E-state index contributed by atoms with van der Waals surface area (Å²) in [6, 6.07) is 9.68. The Kier molecular flexibility index (Phi) is 7.50. The normalized spacial score (nSPS) is 10.0. The van der Waals surface area contributed by atoms with E-state index in [1.165, 1.54) is 33.5 Å². The molecule has 0 heterocycles. The number of ether oxygens (including phenoxy) is 4. The Morgan fingerprint density at radius 3 is 2.00 bits per heavy atom.